The van der Waals surface area contributed by atoms with E-state index in [-0.39, 0.29) is 17.9 Å². The first-order chi connectivity index (χ1) is 8.13. The molecular weight excluding hydrogens is 216 g/mol. The molecule has 3 unspecified atom stereocenters. The van der Waals surface area contributed by atoms with E-state index in [0.717, 1.165) is 38.9 Å². The molecule has 0 aromatic rings. The highest BCUT2D eigenvalue weighted by Gasteiger charge is 2.28. The fourth-order valence-corrected chi connectivity index (χ4v) is 2.55. The van der Waals surface area contributed by atoms with Crippen molar-refractivity contribution >= 4 is 5.91 Å². The summed E-state index contributed by atoms with van der Waals surface area (Å²) in [6.45, 7) is 6.32. The normalized spacial score (nSPS) is 29.0. The Morgan fingerprint density at radius 3 is 2.82 bits per heavy atom. The van der Waals surface area contributed by atoms with Crippen LogP contribution < -0.4 is 11.1 Å². The number of nitrogens with two attached hydrogens (primary N) is 1. The topological polar surface area (TPSA) is 64.3 Å². The van der Waals surface area contributed by atoms with Crippen LogP contribution in [-0.4, -0.2) is 31.7 Å². The predicted molar refractivity (Wildman–Crippen MR) is 68.6 cm³/mol. The summed E-state index contributed by atoms with van der Waals surface area (Å²) in [5, 5.41) is 2.98. The SMILES string of the molecule is CCOCCCNC(=O)C1CC(C)CC(N)C1. The van der Waals surface area contributed by atoms with Gasteiger partial charge < -0.3 is 15.8 Å². The number of amides is 1. The van der Waals surface area contributed by atoms with Gasteiger partial charge in [-0.15, -0.1) is 0 Å². The lowest BCUT2D eigenvalue weighted by Crippen LogP contribution is -2.40. The van der Waals surface area contributed by atoms with E-state index in [1.165, 1.54) is 0 Å². The van der Waals surface area contributed by atoms with E-state index in [1.54, 1.807) is 0 Å². The molecule has 0 spiro atoms. The van der Waals surface area contributed by atoms with Gasteiger partial charge in [-0.3, -0.25) is 4.79 Å². The zero-order chi connectivity index (χ0) is 12.7. The van der Waals surface area contributed by atoms with Gasteiger partial charge in [0.05, 0.1) is 0 Å². The average Bonchev–Trinajstić information content (AvgIpc) is 2.27. The summed E-state index contributed by atoms with van der Waals surface area (Å²) in [6.07, 6.45) is 3.74. The molecule has 4 nitrogen and oxygen atoms in total. The van der Waals surface area contributed by atoms with Crippen LogP contribution in [0.2, 0.25) is 0 Å². The Morgan fingerprint density at radius 1 is 1.41 bits per heavy atom. The summed E-state index contributed by atoms with van der Waals surface area (Å²) in [7, 11) is 0. The maximum Gasteiger partial charge on any atom is 0.223 e. The molecule has 3 N–H and O–H groups in total. The second-order valence-corrected chi connectivity index (χ2v) is 5.11. The van der Waals surface area contributed by atoms with E-state index in [2.05, 4.69) is 12.2 Å². The Hall–Kier alpha value is -0.610. The second kappa shape index (κ2) is 7.67. The van der Waals surface area contributed by atoms with Gasteiger partial charge in [0.2, 0.25) is 5.91 Å². The number of rotatable bonds is 6. The zero-order valence-electron chi connectivity index (χ0n) is 11.1. The molecule has 0 aliphatic heterocycles. The Balaban J connectivity index is 2.18. The molecule has 0 saturated heterocycles. The zero-order valence-corrected chi connectivity index (χ0v) is 11.1. The molecule has 0 bridgehead atoms. The first-order valence-electron chi connectivity index (χ1n) is 6.74. The van der Waals surface area contributed by atoms with Crippen molar-refractivity contribution in [2.24, 2.45) is 17.6 Å². The third kappa shape index (κ3) is 5.50. The van der Waals surface area contributed by atoms with Crippen LogP contribution in [0.4, 0.5) is 0 Å². The van der Waals surface area contributed by atoms with Crippen molar-refractivity contribution in [3.8, 4) is 0 Å². The van der Waals surface area contributed by atoms with E-state index in [4.69, 9.17) is 10.5 Å². The molecule has 1 aliphatic carbocycles. The fourth-order valence-electron chi connectivity index (χ4n) is 2.55. The van der Waals surface area contributed by atoms with Crippen LogP contribution in [0.1, 0.15) is 39.5 Å². The molecule has 17 heavy (non-hydrogen) atoms. The number of carbonyl (C=O) groups is 1. The van der Waals surface area contributed by atoms with Crippen molar-refractivity contribution in [1.29, 1.82) is 0 Å². The van der Waals surface area contributed by atoms with Crippen LogP contribution in [0.5, 0.6) is 0 Å². The summed E-state index contributed by atoms with van der Waals surface area (Å²) < 4.78 is 5.22. The lowest BCUT2D eigenvalue weighted by atomic mass is 9.79. The van der Waals surface area contributed by atoms with Gasteiger partial charge in [0.15, 0.2) is 0 Å². The Morgan fingerprint density at radius 2 is 2.18 bits per heavy atom. The largest absolute Gasteiger partial charge is 0.382 e. The molecule has 3 atom stereocenters. The van der Waals surface area contributed by atoms with Gasteiger partial charge in [0.25, 0.3) is 0 Å². The van der Waals surface area contributed by atoms with Gasteiger partial charge in [-0.1, -0.05) is 6.92 Å². The lowest BCUT2D eigenvalue weighted by Gasteiger charge is -2.30. The summed E-state index contributed by atoms with van der Waals surface area (Å²) in [5.41, 5.74) is 5.95. The summed E-state index contributed by atoms with van der Waals surface area (Å²) in [6, 6.07) is 0.193. The molecule has 1 rings (SSSR count). The molecule has 1 saturated carbocycles. The highest BCUT2D eigenvalue weighted by molar-refractivity contribution is 5.78. The van der Waals surface area contributed by atoms with E-state index >= 15 is 0 Å². The molecule has 0 heterocycles. The van der Waals surface area contributed by atoms with Crippen molar-refractivity contribution < 1.29 is 9.53 Å². The van der Waals surface area contributed by atoms with Crippen LogP contribution >= 0.6 is 0 Å². The number of ether oxygens (including phenoxy) is 1. The van der Waals surface area contributed by atoms with Crippen molar-refractivity contribution in [2.45, 2.75) is 45.6 Å². The highest BCUT2D eigenvalue weighted by Crippen LogP contribution is 2.27. The first kappa shape index (κ1) is 14.5. The minimum Gasteiger partial charge on any atom is -0.382 e. The molecule has 0 radical (unpaired) electrons. The van der Waals surface area contributed by atoms with Crippen LogP contribution in [-0.2, 0) is 9.53 Å². The maximum atomic E-state index is 11.9. The van der Waals surface area contributed by atoms with Crippen molar-refractivity contribution in [3.63, 3.8) is 0 Å². The molecule has 100 valence electrons. The highest BCUT2D eigenvalue weighted by atomic mass is 16.5. The van der Waals surface area contributed by atoms with E-state index < -0.39 is 0 Å². The second-order valence-electron chi connectivity index (χ2n) is 5.11. The van der Waals surface area contributed by atoms with E-state index in [0.29, 0.717) is 12.5 Å². The smallest absolute Gasteiger partial charge is 0.223 e. The van der Waals surface area contributed by atoms with Gasteiger partial charge in [0, 0.05) is 31.7 Å². The minimum atomic E-state index is 0.112. The van der Waals surface area contributed by atoms with Crippen molar-refractivity contribution in [3.05, 3.63) is 0 Å². The lowest BCUT2D eigenvalue weighted by molar-refractivity contribution is -0.126. The Labute approximate surface area is 104 Å². The predicted octanol–water partition coefficient (Wildman–Crippen LogP) is 1.29. The van der Waals surface area contributed by atoms with E-state index in [1.807, 2.05) is 6.92 Å². The summed E-state index contributed by atoms with van der Waals surface area (Å²) in [4.78, 5) is 11.9. The molecule has 1 fully saturated rings. The van der Waals surface area contributed by atoms with Gasteiger partial charge in [-0.2, -0.15) is 0 Å². The standard InChI is InChI=1S/C13H26N2O2/c1-3-17-6-4-5-15-13(16)11-7-10(2)8-12(14)9-11/h10-12H,3-9,14H2,1-2H3,(H,15,16). The molecule has 1 aliphatic rings. The van der Waals surface area contributed by atoms with Gasteiger partial charge in [-0.05, 0) is 38.5 Å². The van der Waals surface area contributed by atoms with E-state index in [9.17, 15) is 4.79 Å². The monoisotopic (exact) mass is 242 g/mol. The van der Waals surface area contributed by atoms with Crippen LogP contribution in [0, 0.1) is 11.8 Å². The van der Waals surface area contributed by atoms with Crippen LogP contribution in [0.15, 0.2) is 0 Å². The average molecular weight is 242 g/mol. The molecule has 1 amide bonds. The Bertz CT molecular complexity index is 223. The van der Waals surface area contributed by atoms with Gasteiger partial charge >= 0.3 is 0 Å². The summed E-state index contributed by atoms with van der Waals surface area (Å²) >= 11 is 0. The third-order valence-electron chi connectivity index (χ3n) is 3.32. The number of hydrogen-bond donors (Lipinski definition) is 2. The van der Waals surface area contributed by atoms with Crippen LogP contribution in [0.3, 0.4) is 0 Å². The quantitative estimate of drug-likeness (QED) is 0.690. The summed E-state index contributed by atoms with van der Waals surface area (Å²) in [5.74, 6) is 0.849. The fraction of sp³-hybridized carbons (Fsp3) is 0.923. The molecular formula is C13H26N2O2. The third-order valence-corrected chi connectivity index (χ3v) is 3.32. The van der Waals surface area contributed by atoms with Gasteiger partial charge in [-0.25, -0.2) is 0 Å². The van der Waals surface area contributed by atoms with Gasteiger partial charge in [0.1, 0.15) is 0 Å². The van der Waals surface area contributed by atoms with Crippen molar-refractivity contribution in [2.75, 3.05) is 19.8 Å². The minimum absolute atomic E-state index is 0.112. The Kier molecular flexibility index (Phi) is 6.52. The number of nitrogens with one attached hydrogen (secondary N) is 1. The first-order valence-corrected chi connectivity index (χ1v) is 6.74. The van der Waals surface area contributed by atoms with Crippen LogP contribution in [0.25, 0.3) is 0 Å². The molecule has 0 aromatic heterocycles. The molecule has 4 heteroatoms. The maximum absolute atomic E-state index is 11.9. The number of hydrogen-bond acceptors (Lipinski definition) is 3. The molecule has 0 aromatic carbocycles. The van der Waals surface area contributed by atoms with Crippen molar-refractivity contribution in [1.82, 2.24) is 5.32 Å². The number of carbonyl (C=O) groups excluding carboxylic acids is 1.